The summed E-state index contributed by atoms with van der Waals surface area (Å²) in [4.78, 5) is 27.9. The van der Waals surface area contributed by atoms with Gasteiger partial charge >= 0.3 is 0 Å². The first kappa shape index (κ1) is 25.8. The van der Waals surface area contributed by atoms with Gasteiger partial charge in [0.2, 0.25) is 11.8 Å². The number of aryl methyl sites for hydroxylation is 1. The highest BCUT2D eigenvalue weighted by Crippen LogP contribution is 2.19. The molecular weight excluding hydrogens is 420 g/mol. The van der Waals surface area contributed by atoms with Crippen LogP contribution in [0.25, 0.3) is 0 Å². The van der Waals surface area contributed by atoms with Crippen molar-refractivity contribution >= 4 is 23.6 Å². The average Bonchev–Trinajstić information content (AvgIpc) is 2.79. The predicted octanol–water partition coefficient (Wildman–Crippen LogP) is 4.96. The van der Waals surface area contributed by atoms with Gasteiger partial charge in [0.25, 0.3) is 0 Å². The van der Waals surface area contributed by atoms with Gasteiger partial charge in [0.05, 0.1) is 12.9 Å². The molecule has 0 spiro atoms. The Bertz CT molecular complexity index is 854. The summed E-state index contributed by atoms with van der Waals surface area (Å²) in [5, 5.41) is 3.00. The maximum absolute atomic E-state index is 13.3. The van der Waals surface area contributed by atoms with Gasteiger partial charge in [-0.1, -0.05) is 62.2 Å². The lowest BCUT2D eigenvalue weighted by molar-refractivity contribution is -0.139. The van der Waals surface area contributed by atoms with E-state index in [4.69, 9.17) is 4.74 Å². The van der Waals surface area contributed by atoms with E-state index in [2.05, 4.69) is 37.4 Å². The summed E-state index contributed by atoms with van der Waals surface area (Å²) >= 11 is 1.59. The maximum Gasteiger partial charge on any atom is 0.242 e. The normalized spacial score (nSPS) is 11.6. The predicted molar refractivity (Wildman–Crippen MR) is 133 cm³/mol. The Hall–Kier alpha value is -2.47. The summed E-state index contributed by atoms with van der Waals surface area (Å²) in [5.74, 6) is 1.78. The number of amides is 2. The number of carbonyl (C=O) groups is 2. The standard InChI is InChI=1S/C26H36N2O3S/c1-5-7-15-27-26(30)24(6-2)28(17-21-11-13-23(31-4)14-12-21)25(29)19-32-18-22-10-8-9-20(3)16-22/h8-14,16,24H,5-7,15,17-19H2,1-4H3,(H,27,30)/t24-/m1/s1. The molecule has 0 aromatic heterocycles. The number of ether oxygens (including phenoxy) is 1. The lowest BCUT2D eigenvalue weighted by Gasteiger charge is -2.30. The second-order valence-corrected chi connectivity index (χ2v) is 8.91. The molecule has 5 nitrogen and oxygen atoms in total. The molecule has 0 aliphatic rings. The zero-order valence-electron chi connectivity index (χ0n) is 19.7. The van der Waals surface area contributed by atoms with Crippen molar-refractivity contribution in [2.24, 2.45) is 0 Å². The number of hydrogen-bond donors (Lipinski definition) is 1. The Morgan fingerprint density at radius 1 is 1.09 bits per heavy atom. The van der Waals surface area contributed by atoms with E-state index in [0.717, 1.165) is 29.9 Å². The van der Waals surface area contributed by atoms with Gasteiger partial charge in [-0.3, -0.25) is 9.59 Å². The molecule has 174 valence electrons. The summed E-state index contributed by atoms with van der Waals surface area (Å²) in [5.41, 5.74) is 3.39. The van der Waals surface area contributed by atoms with E-state index in [9.17, 15) is 9.59 Å². The molecular formula is C26H36N2O3S. The first-order valence-corrected chi connectivity index (χ1v) is 12.5. The van der Waals surface area contributed by atoms with Gasteiger partial charge in [-0.25, -0.2) is 0 Å². The second kappa shape index (κ2) is 13.8. The molecule has 0 heterocycles. The molecule has 6 heteroatoms. The summed E-state index contributed by atoms with van der Waals surface area (Å²) < 4.78 is 5.24. The van der Waals surface area contributed by atoms with Crippen LogP contribution in [0.2, 0.25) is 0 Å². The number of nitrogens with zero attached hydrogens (tertiary/aromatic N) is 1. The molecule has 0 saturated carbocycles. The van der Waals surface area contributed by atoms with Crippen LogP contribution in [0, 0.1) is 6.92 Å². The van der Waals surface area contributed by atoms with Gasteiger partial charge in [0.1, 0.15) is 11.8 Å². The van der Waals surface area contributed by atoms with Gasteiger partial charge in [0.15, 0.2) is 0 Å². The van der Waals surface area contributed by atoms with Crippen molar-refractivity contribution in [1.82, 2.24) is 10.2 Å². The number of rotatable bonds is 13. The fourth-order valence-electron chi connectivity index (χ4n) is 3.49. The van der Waals surface area contributed by atoms with Crippen LogP contribution >= 0.6 is 11.8 Å². The van der Waals surface area contributed by atoms with Crippen molar-refractivity contribution in [3.8, 4) is 5.75 Å². The number of hydrogen-bond acceptors (Lipinski definition) is 4. The van der Waals surface area contributed by atoms with Gasteiger partial charge in [-0.15, -0.1) is 11.8 Å². The Balaban J connectivity index is 2.10. The monoisotopic (exact) mass is 456 g/mol. The Labute approximate surface area is 196 Å². The third kappa shape index (κ3) is 8.23. The Morgan fingerprint density at radius 3 is 2.47 bits per heavy atom. The summed E-state index contributed by atoms with van der Waals surface area (Å²) in [7, 11) is 1.63. The van der Waals surface area contributed by atoms with Crippen LogP contribution < -0.4 is 10.1 Å². The molecule has 0 aliphatic carbocycles. The largest absolute Gasteiger partial charge is 0.497 e. The molecule has 32 heavy (non-hydrogen) atoms. The number of methoxy groups -OCH3 is 1. The molecule has 1 N–H and O–H groups in total. The van der Waals surface area contributed by atoms with E-state index in [-0.39, 0.29) is 11.8 Å². The van der Waals surface area contributed by atoms with Gasteiger partial charge in [-0.2, -0.15) is 0 Å². The van der Waals surface area contributed by atoms with E-state index in [1.165, 1.54) is 11.1 Å². The average molecular weight is 457 g/mol. The number of thioether (sulfide) groups is 1. The fraction of sp³-hybridized carbons (Fsp3) is 0.462. The first-order valence-electron chi connectivity index (χ1n) is 11.3. The SMILES string of the molecule is CCCCNC(=O)[C@@H](CC)N(Cc1ccc(OC)cc1)C(=O)CSCc1cccc(C)c1. The molecule has 0 saturated heterocycles. The third-order valence-corrected chi connectivity index (χ3v) is 6.29. The number of unbranched alkanes of at least 4 members (excludes halogenated alkanes) is 1. The summed E-state index contributed by atoms with van der Waals surface area (Å²) in [6.45, 7) is 7.15. The van der Waals surface area contributed by atoms with Crippen molar-refractivity contribution in [1.29, 1.82) is 0 Å². The molecule has 0 radical (unpaired) electrons. The van der Waals surface area contributed by atoms with Gasteiger partial charge < -0.3 is 15.0 Å². The highest BCUT2D eigenvalue weighted by Gasteiger charge is 2.28. The lowest BCUT2D eigenvalue weighted by atomic mass is 10.1. The number of carbonyl (C=O) groups excluding carboxylic acids is 2. The molecule has 2 aromatic carbocycles. The summed E-state index contributed by atoms with van der Waals surface area (Å²) in [6.07, 6.45) is 2.52. The summed E-state index contributed by atoms with van der Waals surface area (Å²) in [6, 6.07) is 15.5. The molecule has 0 unspecified atom stereocenters. The van der Waals surface area contributed by atoms with E-state index in [1.807, 2.05) is 37.3 Å². The van der Waals surface area contributed by atoms with E-state index >= 15 is 0 Å². The molecule has 2 rings (SSSR count). The number of nitrogens with one attached hydrogen (secondary N) is 1. The van der Waals surface area contributed by atoms with Crippen LogP contribution in [0.4, 0.5) is 0 Å². The molecule has 0 aliphatic heterocycles. The minimum absolute atomic E-state index is 0.0176. The van der Waals surface area contributed by atoms with Crippen LogP contribution in [-0.2, 0) is 21.9 Å². The maximum atomic E-state index is 13.3. The Kier molecular flexibility index (Phi) is 11.2. The van der Waals surface area contributed by atoms with E-state index < -0.39 is 6.04 Å². The van der Waals surface area contributed by atoms with Crippen LogP contribution in [0.3, 0.4) is 0 Å². The first-order chi connectivity index (χ1) is 15.5. The van der Waals surface area contributed by atoms with Crippen LogP contribution in [-0.4, -0.2) is 42.2 Å². The topological polar surface area (TPSA) is 58.6 Å². The molecule has 2 amide bonds. The van der Waals surface area contributed by atoms with Crippen LogP contribution in [0.5, 0.6) is 5.75 Å². The van der Waals surface area contributed by atoms with Crippen LogP contribution in [0.15, 0.2) is 48.5 Å². The minimum atomic E-state index is -0.485. The van der Waals surface area contributed by atoms with E-state index in [1.54, 1.807) is 23.8 Å². The highest BCUT2D eigenvalue weighted by molar-refractivity contribution is 7.99. The Morgan fingerprint density at radius 2 is 1.84 bits per heavy atom. The second-order valence-electron chi connectivity index (χ2n) is 7.92. The zero-order chi connectivity index (χ0) is 23.3. The van der Waals surface area contributed by atoms with Gasteiger partial charge in [0, 0.05) is 18.8 Å². The van der Waals surface area contributed by atoms with Gasteiger partial charge in [-0.05, 0) is 43.0 Å². The van der Waals surface area contributed by atoms with Crippen LogP contribution in [0.1, 0.15) is 49.8 Å². The molecule has 0 bridgehead atoms. The zero-order valence-corrected chi connectivity index (χ0v) is 20.5. The highest BCUT2D eigenvalue weighted by atomic mass is 32.2. The van der Waals surface area contributed by atoms with Crippen molar-refractivity contribution in [2.75, 3.05) is 19.4 Å². The number of benzene rings is 2. The fourth-order valence-corrected chi connectivity index (χ4v) is 4.35. The van der Waals surface area contributed by atoms with Crippen molar-refractivity contribution in [3.63, 3.8) is 0 Å². The van der Waals surface area contributed by atoms with E-state index in [0.29, 0.717) is 25.3 Å². The third-order valence-electron chi connectivity index (χ3n) is 5.30. The lowest BCUT2D eigenvalue weighted by Crippen LogP contribution is -2.49. The molecule has 1 atom stereocenters. The molecule has 0 fully saturated rings. The van der Waals surface area contributed by atoms with Crippen molar-refractivity contribution in [3.05, 3.63) is 65.2 Å². The quantitative estimate of drug-likeness (QED) is 0.433. The smallest absolute Gasteiger partial charge is 0.242 e. The van der Waals surface area contributed by atoms with Crippen molar-refractivity contribution < 1.29 is 14.3 Å². The molecule has 2 aromatic rings. The minimum Gasteiger partial charge on any atom is -0.497 e. The van der Waals surface area contributed by atoms with Crippen molar-refractivity contribution in [2.45, 2.75) is 58.4 Å².